The van der Waals surface area contributed by atoms with Crippen LogP contribution in [0, 0.1) is 20.8 Å². The van der Waals surface area contributed by atoms with E-state index in [9.17, 15) is 9.59 Å². The largest absolute Gasteiger partial charge is 0.457 e. The van der Waals surface area contributed by atoms with Crippen LogP contribution < -0.4 is 5.32 Å². The molecule has 1 fully saturated rings. The number of ether oxygens (including phenoxy) is 1. The lowest BCUT2D eigenvalue weighted by atomic mass is 9.99. The van der Waals surface area contributed by atoms with Crippen LogP contribution in [0.3, 0.4) is 0 Å². The van der Waals surface area contributed by atoms with Crippen molar-refractivity contribution < 1.29 is 18.8 Å². The molecule has 5 heteroatoms. The Morgan fingerprint density at radius 3 is 2.22 bits per heavy atom. The van der Waals surface area contributed by atoms with Crippen LogP contribution in [0.4, 0.5) is 5.69 Å². The third-order valence-corrected chi connectivity index (χ3v) is 6.67. The number of piperidine rings is 1. The highest BCUT2D eigenvalue weighted by Gasteiger charge is 2.44. The van der Waals surface area contributed by atoms with Gasteiger partial charge in [0, 0.05) is 12.1 Å². The second-order valence-corrected chi connectivity index (χ2v) is 9.22. The van der Waals surface area contributed by atoms with Crippen molar-refractivity contribution in [3.05, 3.63) is 64.7 Å². The predicted octanol–water partition coefficient (Wildman–Crippen LogP) is 5.07. The van der Waals surface area contributed by atoms with Crippen LogP contribution in [0.15, 0.2) is 42.5 Å². The smallest absolute Gasteiger partial charge is 0.362 e. The van der Waals surface area contributed by atoms with Gasteiger partial charge in [-0.1, -0.05) is 55.0 Å². The van der Waals surface area contributed by atoms with E-state index in [-0.39, 0.29) is 31.1 Å². The van der Waals surface area contributed by atoms with Gasteiger partial charge in [0.25, 0.3) is 5.91 Å². The number of hydrogen-bond donors (Lipinski definition) is 1. The van der Waals surface area contributed by atoms with Gasteiger partial charge in [-0.05, 0) is 56.7 Å². The molecule has 1 unspecified atom stereocenters. The zero-order valence-corrected chi connectivity index (χ0v) is 19.9. The number of benzene rings is 2. The number of nitrogens with zero attached hydrogens (tertiary/aromatic N) is 1. The maximum atomic E-state index is 13.5. The molecule has 1 saturated heterocycles. The van der Waals surface area contributed by atoms with Crippen molar-refractivity contribution in [3.63, 3.8) is 0 Å². The van der Waals surface area contributed by atoms with Gasteiger partial charge in [0.15, 0.2) is 12.6 Å². The summed E-state index contributed by atoms with van der Waals surface area (Å²) in [5, 5.41) is 3.20. The predicted molar refractivity (Wildman–Crippen MR) is 128 cm³/mol. The van der Waals surface area contributed by atoms with Crippen molar-refractivity contribution in [2.45, 2.75) is 66.0 Å². The molecule has 1 aliphatic rings. The first-order valence-electron chi connectivity index (χ1n) is 11.8. The SMILES string of the molecule is CCC(C(=O)Nc1c(C)cc(C)cc1C)[N+]1(CC(=O)OCc2ccccc2)CCCCC1. The number of esters is 1. The van der Waals surface area contributed by atoms with E-state index in [0.717, 1.165) is 54.7 Å². The van der Waals surface area contributed by atoms with Crippen molar-refractivity contribution in [1.29, 1.82) is 0 Å². The highest BCUT2D eigenvalue weighted by atomic mass is 16.5. The number of likely N-dealkylation sites (tertiary alicyclic amines) is 1. The number of anilines is 1. The van der Waals surface area contributed by atoms with Gasteiger partial charge in [-0.3, -0.25) is 4.79 Å². The van der Waals surface area contributed by atoms with E-state index < -0.39 is 0 Å². The summed E-state index contributed by atoms with van der Waals surface area (Å²) >= 11 is 0. The average Bonchev–Trinajstić information content (AvgIpc) is 2.76. The highest BCUT2D eigenvalue weighted by molar-refractivity contribution is 5.95. The van der Waals surface area contributed by atoms with E-state index >= 15 is 0 Å². The monoisotopic (exact) mass is 437 g/mol. The molecule has 0 aromatic heterocycles. The van der Waals surface area contributed by atoms with E-state index in [2.05, 4.69) is 24.4 Å². The summed E-state index contributed by atoms with van der Waals surface area (Å²) in [5.74, 6) is -0.231. The summed E-state index contributed by atoms with van der Waals surface area (Å²) in [5.41, 5.74) is 5.18. The van der Waals surface area contributed by atoms with Gasteiger partial charge in [-0.15, -0.1) is 0 Å². The lowest BCUT2D eigenvalue weighted by Gasteiger charge is -2.45. The summed E-state index contributed by atoms with van der Waals surface area (Å²) in [6.45, 7) is 10.3. The quantitative estimate of drug-likeness (QED) is 0.463. The second-order valence-electron chi connectivity index (χ2n) is 9.22. The summed E-state index contributed by atoms with van der Waals surface area (Å²) in [4.78, 5) is 26.4. The maximum absolute atomic E-state index is 13.5. The Morgan fingerprint density at radius 2 is 1.62 bits per heavy atom. The topological polar surface area (TPSA) is 55.4 Å². The molecule has 1 N–H and O–H groups in total. The first kappa shape index (κ1) is 24.0. The number of nitrogens with one attached hydrogen (secondary N) is 1. The molecule has 0 radical (unpaired) electrons. The molecular weight excluding hydrogens is 400 g/mol. The third-order valence-electron chi connectivity index (χ3n) is 6.67. The van der Waals surface area contributed by atoms with Gasteiger partial charge in [0.05, 0.1) is 13.1 Å². The Balaban J connectivity index is 1.76. The van der Waals surface area contributed by atoms with E-state index in [0.29, 0.717) is 10.9 Å². The van der Waals surface area contributed by atoms with Crippen LogP contribution in [0.25, 0.3) is 0 Å². The molecule has 0 spiro atoms. The molecule has 2 aromatic carbocycles. The summed E-state index contributed by atoms with van der Waals surface area (Å²) in [6, 6.07) is 13.6. The fraction of sp³-hybridized carbons (Fsp3) is 0.481. The van der Waals surface area contributed by atoms with Crippen LogP contribution in [-0.2, 0) is 20.9 Å². The van der Waals surface area contributed by atoms with E-state index in [1.165, 1.54) is 5.56 Å². The number of hydrogen-bond acceptors (Lipinski definition) is 3. The summed E-state index contributed by atoms with van der Waals surface area (Å²) < 4.78 is 6.10. The zero-order valence-electron chi connectivity index (χ0n) is 19.9. The van der Waals surface area contributed by atoms with Crippen molar-refractivity contribution in [2.24, 2.45) is 0 Å². The van der Waals surface area contributed by atoms with Gasteiger partial charge in [0.2, 0.25) is 0 Å². The molecular formula is C27H37N2O3+. The van der Waals surface area contributed by atoms with Crippen molar-refractivity contribution in [2.75, 3.05) is 25.0 Å². The minimum Gasteiger partial charge on any atom is -0.457 e. The Morgan fingerprint density at radius 1 is 1.00 bits per heavy atom. The molecule has 1 amide bonds. The Hall–Kier alpha value is -2.66. The first-order chi connectivity index (χ1) is 15.3. The fourth-order valence-corrected chi connectivity index (χ4v) is 5.17. The van der Waals surface area contributed by atoms with Crippen LogP contribution in [0.2, 0.25) is 0 Å². The molecule has 2 aromatic rings. The fourth-order valence-electron chi connectivity index (χ4n) is 5.17. The van der Waals surface area contributed by atoms with Crippen LogP contribution >= 0.6 is 0 Å². The number of carbonyl (C=O) groups is 2. The van der Waals surface area contributed by atoms with E-state index in [4.69, 9.17) is 4.74 Å². The molecule has 0 bridgehead atoms. The van der Waals surface area contributed by atoms with Gasteiger partial charge in [-0.2, -0.15) is 0 Å². The molecule has 1 heterocycles. The van der Waals surface area contributed by atoms with Crippen LogP contribution in [0.5, 0.6) is 0 Å². The number of carbonyl (C=O) groups excluding carboxylic acids is 2. The highest BCUT2D eigenvalue weighted by Crippen LogP contribution is 2.28. The zero-order chi connectivity index (χ0) is 23.1. The molecule has 3 rings (SSSR count). The molecule has 32 heavy (non-hydrogen) atoms. The minimum absolute atomic E-state index is 0.000289. The van der Waals surface area contributed by atoms with Gasteiger partial charge in [-0.25, -0.2) is 4.79 Å². The minimum atomic E-state index is -0.278. The molecule has 5 nitrogen and oxygen atoms in total. The van der Waals surface area contributed by atoms with E-state index in [1.807, 2.05) is 51.1 Å². The Bertz CT molecular complexity index is 910. The van der Waals surface area contributed by atoms with Crippen LogP contribution in [-0.4, -0.2) is 42.0 Å². The molecule has 172 valence electrons. The van der Waals surface area contributed by atoms with Crippen molar-refractivity contribution in [1.82, 2.24) is 0 Å². The Labute approximate surface area is 192 Å². The van der Waals surface area contributed by atoms with E-state index in [1.54, 1.807) is 0 Å². The lowest BCUT2D eigenvalue weighted by Crippen LogP contribution is -2.63. The van der Waals surface area contributed by atoms with Gasteiger partial charge in [0.1, 0.15) is 6.61 Å². The third kappa shape index (κ3) is 5.77. The van der Waals surface area contributed by atoms with Crippen molar-refractivity contribution >= 4 is 17.6 Å². The maximum Gasteiger partial charge on any atom is 0.362 e. The normalized spacial score (nSPS) is 16.2. The van der Waals surface area contributed by atoms with Gasteiger partial charge >= 0.3 is 5.97 Å². The Kier molecular flexibility index (Phi) is 8.08. The number of aryl methyl sites for hydroxylation is 3. The molecule has 1 atom stereocenters. The summed E-state index contributed by atoms with van der Waals surface area (Å²) in [7, 11) is 0. The van der Waals surface area contributed by atoms with Gasteiger partial charge < -0.3 is 14.5 Å². The molecule has 0 aliphatic carbocycles. The molecule has 1 aliphatic heterocycles. The number of quaternary nitrogens is 1. The standard InChI is InChI=1S/C27H36N2O3/c1-5-24(27(31)28-26-21(3)16-20(2)17-22(26)4)29(14-10-7-11-15-29)18-25(30)32-19-23-12-8-6-9-13-23/h6,8-9,12-13,16-17,24H,5,7,10-11,14-15,18-19H2,1-4H3/p+1. The molecule has 0 saturated carbocycles. The van der Waals surface area contributed by atoms with Crippen LogP contribution in [0.1, 0.15) is 54.9 Å². The van der Waals surface area contributed by atoms with Crippen molar-refractivity contribution in [3.8, 4) is 0 Å². The lowest BCUT2D eigenvalue weighted by molar-refractivity contribution is -0.940. The number of amides is 1. The average molecular weight is 438 g/mol. The number of rotatable bonds is 8. The summed E-state index contributed by atoms with van der Waals surface area (Å²) in [6.07, 6.45) is 3.88. The second kappa shape index (κ2) is 10.8. The first-order valence-corrected chi connectivity index (χ1v) is 11.8.